The normalized spacial score (nSPS) is 19.9. The smallest absolute Gasteiger partial charge is 0.0730 e. The Labute approximate surface area is 86.3 Å². The van der Waals surface area contributed by atoms with Crippen molar-refractivity contribution in [2.24, 2.45) is 11.3 Å². The van der Waals surface area contributed by atoms with Crippen molar-refractivity contribution in [3.63, 3.8) is 0 Å². The van der Waals surface area contributed by atoms with Crippen molar-refractivity contribution in [2.45, 2.75) is 20.3 Å². The average molecular weight is 202 g/mol. The van der Waals surface area contributed by atoms with E-state index in [9.17, 15) is 0 Å². The van der Waals surface area contributed by atoms with Gasteiger partial charge in [-0.2, -0.15) is 0 Å². The first kappa shape index (κ1) is 11.9. The van der Waals surface area contributed by atoms with E-state index in [1.807, 2.05) is 0 Å². The van der Waals surface area contributed by atoms with Gasteiger partial charge in [-0.15, -0.1) is 0 Å². The zero-order valence-electron chi connectivity index (χ0n) is 9.29. The van der Waals surface area contributed by atoms with Crippen LogP contribution < -0.4 is 5.90 Å². The average Bonchev–Trinajstić information content (AvgIpc) is 2.17. The van der Waals surface area contributed by atoms with Crippen molar-refractivity contribution in [3.8, 4) is 0 Å². The fourth-order valence-corrected chi connectivity index (χ4v) is 1.58. The first-order chi connectivity index (χ1) is 6.64. The standard InChI is InChI=1S/C10H22N2O2/c1-10(2,9-14-11)3-4-12-5-7-13-8-6-12/h3-9,11H2,1-2H3. The topological polar surface area (TPSA) is 47.7 Å². The van der Waals surface area contributed by atoms with Crippen LogP contribution in [0, 0.1) is 5.41 Å². The van der Waals surface area contributed by atoms with Crippen LogP contribution in [0.5, 0.6) is 0 Å². The Bertz CT molecular complexity index is 156. The fourth-order valence-electron chi connectivity index (χ4n) is 1.58. The summed E-state index contributed by atoms with van der Waals surface area (Å²) < 4.78 is 5.29. The lowest BCUT2D eigenvalue weighted by molar-refractivity contribution is 0.0192. The minimum atomic E-state index is 0.174. The molecule has 1 aliphatic rings. The monoisotopic (exact) mass is 202 g/mol. The minimum Gasteiger partial charge on any atom is -0.379 e. The summed E-state index contributed by atoms with van der Waals surface area (Å²) in [5.74, 6) is 5.09. The molecule has 84 valence electrons. The van der Waals surface area contributed by atoms with Gasteiger partial charge >= 0.3 is 0 Å². The molecule has 0 unspecified atom stereocenters. The van der Waals surface area contributed by atoms with Crippen molar-refractivity contribution >= 4 is 0 Å². The van der Waals surface area contributed by atoms with E-state index in [2.05, 4.69) is 18.7 Å². The van der Waals surface area contributed by atoms with Gasteiger partial charge in [0.25, 0.3) is 0 Å². The summed E-state index contributed by atoms with van der Waals surface area (Å²) in [4.78, 5) is 7.14. The van der Waals surface area contributed by atoms with Gasteiger partial charge in [-0.3, -0.25) is 4.90 Å². The van der Waals surface area contributed by atoms with Crippen LogP contribution in [0.3, 0.4) is 0 Å². The Hall–Kier alpha value is -0.160. The van der Waals surface area contributed by atoms with Crippen molar-refractivity contribution in [1.29, 1.82) is 0 Å². The zero-order valence-corrected chi connectivity index (χ0v) is 9.29. The lowest BCUT2D eigenvalue weighted by Crippen LogP contribution is -2.38. The Morgan fingerprint density at radius 3 is 2.57 bits per heavy atom. The van der Waals surface area contributed by atoms with E-state index in [-0.39, 0.29) is 5.41 Å². The summed E-state index contributed by atoms with van der Waals surface area (Å²) in [6.45, 7) is 9.94. The second-order valence-corrected chi connectivity index (χ2v) is 4.68. The molecule has 0 aromatic rings. The molecule has 1 aliphatic heterocycles. The SMILES string of the molecule is CC(C)(CCN1CCOCC1)CON. The lowest BCUT2D eigenvalue weighted by Gasteiger charge is -2.30. The third kappa shape index (κ3) is 4.37. The van der Waals surface area contributed by atoms with Gasteiger partial charge in [0.2, 0.25) is 0 Å². The Kier molecular flexibility index (Phi) is 4.81. The highest BCUT2D eigenvalue weighted by Gasteiger charge is 2.20. The molecule has 0 aromatic heterocycles. The molecule has 0 aliphatic carbocycles. The van der Waals surface area contributed by atoms with Gasteiger partial charge in [-0.25, -0.2) is 5.90 Å². The van der Waals surface area contributed by atoms with E-state index in [4.69, 9.17) is 15.5 Å². The Morgan fingerprint density at radius 1 is 1.36 bits per heavy atom. The maximum absolute atomic E-state index is 5.29. The minimum absolute atomic E-state index is 0.174. The number of rotatable bonds is 5. The number of nitrogens with zero attached hydrogens (tertiary/aromatic N) is 1. The van der Waals surface area contributed by atoms with Crippen LogP contribution in [0.1, 0.15) is 20.3 Å². The van der Waals surface area contributed by atoms with Gasteiger partial charge in [0, 0.05) is 13.1 Å². The lowest BCUT2D eigenvalue weighted by atomic mass is 9.90. The maximum atomic E-state index is 5.29. The summed E-state index contributed by atoms with van der Waals surface area (Å²) >= 11 is 0. The summed E-state index contributed by atoms with van der Waals surface area (Å²) in [5, 5.41) is 0. The van der Waals surface area contributed by atoms with Gasteiger partial charge in [0.05, 0.1) is 19.8 Å². The second-order valence-electron chi connectivity index (χ2n) is 4.68. The van der Waals surface area contributed by atoms with Crippen LogP contribution in [0.4, 0.5) is 0 Å². The van der Waals surface area contributed by atoms with Gasteiger partial charge in [-0.1, -0.05) is 13.8 Å². The van der Waals surface area contributed by atoms with Crippen LogP contribution in [0.15, 0.2) is 0 Å². The van der Waals surface area contributed by atoms with Crippen molar-refractivity contribution in [1.82, 2.24) is 4.90 Å². The highest BCUT2D eigenvalue weighted by atomic mass is 16.6. The molecule has 0 bridgehead atoms. The number of hydrogen-bond donors (Lipinski definition) is 1. The highest BCUT2D eigenvalue weighted by Crippen LogP contribution is 2.20. The molecular formula is C10H22N2O2. The van der Waals surface area contributed by atoms with E-state index < -0.39 is 0 Å². The third-order valence-electron chi connectivity index (χ3n) is 2.68. The van der Waals surface area contributed by atoms with Gasteiger partial charge < -0.3 is 9.57 Å². The molecule has 1 heterocycles. The molecule has 1 rings (SSSR count). The number of ether oxygens (including phenoxy) is 1. The van der Waals surface area contributed by atoms with E-state index in [0.29, 0.717) is 6.61 Å². The summed E-state index contributed by atoms with van der Waals surface area (Å²) in [6.07, 6.45) is 1.12. The van der Waals surface area contributed by atoms with Crippen LogP contribution in [-0.4, -0.2) is 44.4 Å². The molecular weight excluding hydrogens is 180 g/mol. The highest BCUT2D eigenvalue weighted by molar-refractivity contribution is 4.71. The molecule has 0 spiro atoms. The van der Waals surface area contributed by atoms with Gasteiger partial charge in [-0.05, 0) is 18.4 Å². The summed E-state index contributed by atoms with van der Waals surface area (Å²) in [7, 11) is 0. The first-order valence-electron chi connectivity index (χ1n) is 5.26. The van der Waals surface area contributed by atoms with Crippen LogP contribution >= 0.6 is 0 Å². The van der Waals surface area contributed by atoms with E-state index in [1.54, 1.807) is 0 Å². The quantitative estimate of drug-likeness (QED) is 0.664. The molecule has 4 heteroatoms. The predicted molar refractivity (Wildman–Crippen MR) is 55.8 cm³/mol. The molecule has 0 aromatic carbocycles. The third-order valence-corrected chi connectivity index (χ3v) is 2.68. The first-order valence-corrected chi connectivity index (χ1v) is 5.26. The van der Waals surface area contributed by atoms with E-state index in [1.165, 1.54) is 0 Å². The predicted octanol–water partition coefficient (Wildman–Crippen LogP) is 0.625. The maximum Gasteiger partial charge on any atom is 0.0730 e. The van der Waals surface area contributed by atoms with Crippen LogP contribution in [-0.2, 0) is 9.57 Å². The van der Waals surface area contributed by atoms with Crippen LogP contribution in [0.2, 0.25) is 0 Å². The number of morpholine rings is 1. The number of nitrogens with two attached hydrogens (primary N) is 1. The van der Waals surface area contributed by atoms with Crippen molar-refractivity contribution in [3.05, 3.63) is 0 Å². The Balaban J connectivity index is 2.17. The van der Waals surface area contributed by atoms with Crippen molar-refractivity contribution in [2.75, 3.05) is 39.5 Å². The Morgan fingerprint density at radius 2 is 2.00 bits per heavy atom. The molecule has 2 N–H and O–H groups in total. The molecule has 0 radical (unpaired) electrons. The number of hydrogen-bond acceptors (Lipinski definition) is 4. The molecule has 4 nitrogen and oxygen atoms in total. The van der Waals surface area contributed by atoms with Crippen LogP contribution in [0.25, 0.3) is 0 Å². The summed E-state index contributed by atoms with van der Waals surface area (Å²) in [5.41, 5.74) is 0.174. The zero-order chi connectivity index (χ0) is 10.4. The molecule has 0 amide bonds. The fraction of sp³-hybridized carbons (Fsp3) is 1.00. The molecule has 0 atom stereocenters. The van der Waals surface area contributed by atoms with Gasteiger partial charge in [0.1, 0.15) is 0 Å². The van der Waals surface area contributed by atoms with Crippen molar-refractivity contribution < 1.29 is 9.57 Å². The molecule has 14 heavy (non-hydrogen) atoms. The molecule has 1 saturated heterocycles. The van der Waals surface area contributed by atoms with E-state index >= 15 is 0 Å². The molecule has 1 fully saturated rings. The largest absolute Gasteiger partial charge is 0.379 e. The summed E-state index contributed by atoms with van der Waals surface area (Å²) in [6, 6.07) is 0. The van der Waals surface area contributed by atoms with Gasteiger partial charge in [0.15, 0.2) is 0 Å². The van der Waals surface area contributed by atoms with E-state index in [0.717, 1.165) is 39.3 Å². The second kappa shape index (κ2) is 5.66. The molecule has 0 saturated carbocycles.